The van der Waals surface area contributed by atoms with Gasteiger partial charge in [0.15, 0.2) is 0 Å². The summed E-state index contributed by atoms with van der Waals surface area (Å²) in [6, 6.07) is 2.13. The number of aromatic nitrogens is 1. The third kappa shape index (κ3) is 1.78. The van der Waals surface area contributed by atoms with E-state index in [1.165, 1.54) is 30.8 Å². The van der Waals surface area contributed by atoms with Crippen molar-refractivity contribution in [3.63, 3.8) is 0 Å². The van der Waals surface area contributed by atoms with Gasteiger partial charge in [0, 0.05) is 12.2 Å². The Morgan fingerprint density at radius 1 is 1.38 bits per heavy atom. The third-order valence-electron chi connectivity index (χ3n) is 3.44. The molecule has 1 amide bonds. The predicted molar refractivity (Wildman–Crippen MR) is 63.5 cm³/mol. The van der Waals surface area contributed by atoms with E-state index in [1.54, 1.807) is 23.4 Å². The summed E-state index contributed by atoms with van der Waals surface area (Å²) in [5.41, 5.74) is 3.25. The zero-order valence-corrected chi connectivity index (χ0v) is 9.85. The Hall–Kier alpha value is -1.16. The van der Waals surface area contributed by atoms with Gasteiger partial charge in [0.05, 0.1) is 0 Å². The molecular weight excluding hydrogens is 220 g/mol. The highest BCUT2D eigenvalue weighted by Gasteiger charge is 2.29. The molecule has 0 spiro atoms. The van der Waals surface area contributed by atoms with Gasteiger partial charge in [0.2, 0.25) is 0 Å². The van der Waals surface area contributed by atoms with Crippen LogP contribution in [0.4, 0.5) is 0 Å². The molecule has 0 atom stereocenters. The maximum atomic E-state index is 11.7. The first-order chi connectivity index (χ1) is 7.83. The molecule has 16 heavy (non-hydrogen) atoms. The molecule has 2 saturated carbocycles. The van der Waals surface area contributed by atoms with Crippen LogP contribution in [0, 0.1) is 0 Å². The van der Waals surface area contributed by atoms with E-state index in [-0.39, 0.29) is 5.91 Å². The summed E-state index contributed by atoms with van der Waals surface area (Å²) in [5.74, 6) is 0.0326. The summed E-state index contributed by atoms with van der Waals surface area (Å²) >= 11 is 1.26. The van der Waals surface area contributed by atoms with E-state index in [0.29, 0.717) is 10.9 Å². The largest absolute Gasteiger partial charge is 0.348 e. The highest BCUT2D eigenvalue weighted by atomic mass is 32.1. The van der Waals surface area contributed by atoms with Crippen molar-refractivity contribution in [1.29, 1.82) is 0 Å². The second kappa shape index (κ2) is 4.01. The van der Waals surface area contributed by atoms with Crippen LogP contribution in [0.2, 0.25) is 0 Å². The van der Waals surface area contributed by atoms with Crippen LogP contribution in [-0.4, -0.2) is 16.3 Å². The van der Waals surface area contributed by atoms with Crippen molar-refractivity contribution in [3.05, 3.63) is 28.3 Å². The minimum atomic E-state index is 0.0326. The molecule has 0 bridgehead atoms. The van der Waals surface area contributed by atoms with E-state index in [1.807, 2.05) is 0 Å². The number of nitrogens with zero attached hydrogens (tertiary/aromatic N) is 1. The topological polar surface area (TPSA) is 42.0 Å². The lowest BCUT2D eigenvalue weighted by Gasteiger charge is -2.35. The standard InChI is InChI=1S/C12H14N2OS/c15-12(11-4-5-13-16-11)14-10-6-9(7-10)8-2-1-3-8/h4-5,10H,1-3,6-7H2,(H,14,15). The number of nitrogens with one attached hydrogen (secondary N) is 1. The normalized spacial score (nSPS) is 23.6. The zero-order valence-electron chi connectivity index (χ0n) is 9.03. The number of hydrogen-bond acceptors (Lipinski definition) is 3. The van der Waals surface area contributed by atoms with Gasteiger partial charge in [-0.3, -0.25) is 4.79 Å². The molecule has 84 valence electrons. The number of amides is 1. The van der Waals surface area contributed by atoms with E-state index in [2.05, 4.69) is 9.69 Å². The fraction of sp³-hybridized carbons (Fsp3) is 0.500. The average Bonchev–Trinajstić information content (AvgIpc) is 2.63. The van der Waals surface area contributed by atoms with Gasteiger partial charge in [-0.2, -0.15) is 0 Å². The molecule has 1 aromatic heterocycles. The van der Waals surface area contributed by atoms with Crippen molar-refractivity contribution in [2.24, 2.45) is 0 Å². The van der Waals surface area contributed by atoms with E-state index in [4.69, 9.17) is 0 Å². The Kier molecular flexibility index (Phi) is 2.52. The Bertz CT molecular complexity index is 422. The lowest BCUT2D eigenvalue weighted by atomic mass is 9.76. The van der Waals surface area contributed by atoms with Crippen molar-refractivity contribution in [3.8, 4) is 0 Å². The Labute approximate surface area is 98.7 Å². The van der Waals surface area contributed by atoms with Crippen molar-refractivity contribution in [2.45, 2.75) is 38.1 Å². The van der Waals surface area contributed by atoms with Gasteiger partial charge in [-0.1, -0.05) is 11.1 Å². The molecule has 2 aliphatic carbocycles. The molecule has 1 aromatic rings. The summed E-state index contributed by atoms with van der Waals surface area (Å²) in [7, 11) is 0. The van der Waals surface area contributed by atoms with Crippen molar-refractivity contribution in [1.82, 2.24) is 9.69 Å². The molecule has 0 unspecified atom stereocenters. The maximum Gasteiger partial charge on any atom is 0.263 e. The number of carbonyl (C=O) groups is 1. The molecule has 3 nitrogen and oxygen atoms in total. The minimum absolute atomic E-state index is 0.0326. The second-order valence-electron chi connectivity index (χ2n) is 4.52. The summed E-state index contributed by atoms with van der Waals surface area (Å²) in [4.78, 5) is 12.4. The van der Waals surface area contributed by atoms with E-state index in [9.17, 15) is 4.79 Å². The highest BCUT2D eigenvalue weighted by molar-refractivity contribution is 7.08. The van der Waals surface area contributed by atoms with Crippen LogP contribution < -0.4 is 5.32 Å². The molecule has 4 heteroatoms. The van der Waals surface area contributed by atoms with Crippen LogP contribution in [-0.2, 0) is 0 Å². The highest BCUT2D eigenvalue weighted by Crippen LogP contribution is 2.38. The molecule has 0 radical (unpaired) electrons. The summed E-state index contributed by atoms with van der Waals surface area (Å²) in [6.45, 7) is 0. The lowest BCUT2D eigenvalue weighted by molar-refractivity contribution is 0.0932. The number of hydrogen-bond donors (Lipinski definition) is 1. The summed E-state index contributed by atoms with van der Waals surface area (Å²) < 4.78 is 3.93. The van der Waals surface area contributed by atoms with Crippen LogP contribution >= 0.6 is 11.5 Å². The number of rotatable bonds is 2. The summed E-state index contributed by atoms with van der Waals surface area (Å²) in [5, 5.41) is 3.05. The first-order valence-electron chi connectivity index (χ1n) is 5.74. The quantitative estimate of drug-likeness (QED) is 0.799. The monoisotopic (exact) mass is 234 g/mol. The van der Waals surface area contributed by atoms with E-state index in [0.717, 1.165) is 12.8 Å². The molecular formula is C12H14N2OS. The fourth-order valence-electron chi connectivity index (χ4n) is 2.22. The first-order valence-corrected chi connectivity index (χ1v) is 6.51. The van der Waals surface area contributed by atoms with Gasteiger partial charge >= 0.3 is 0 Å². The molecule has 0 aromatic carbocycles. The van der Waals surface area contributed by atoms with Crippen LogP contribution in [0.3, 0.4) is 0 Å². The molecule has 2 fully saturated rings. The summed E-state index contributed by atoms with van der Waals surface area (Å²) in [6.07, 6.45) is 7.76. The lowest BCUT2D eigenvalue weighted by Crippen LogP contribution is -2.41. The van der Waals surface area contributed by atoms with Gasteiger partial charge in [-0.15, -0.1) is 0 Å². The Morgan fingerprint density at radius 2 is 2.19 bits per heavy atom. The zero-order chi connectivity index (χ0) is 11.0. The third-order valence-corrected chi connectivity index (χ3v) is 4.18. The van der Waals surface area contributed by atoms with Gasteiger partial charge in [0.25, 0.3) is 5.91 Å². The van der Waals surface area contributed by atoms with Crippen LogP contribution in [0.5, 0.6) is 0 Å². The van der Waals surface area contributed by atoms with Crippen LogP contribution in [0.25, 0.3) is 0 Å². The Morgan fingerprint density at radius 3 is 2.75 bits per heavy atom. The minimum Gasteiger partial charge on any atom is -0.348 e. The van der Waals surface area contributed by atoms with E-state index >= 15 is 0 Å². The number of allylic oxidation sites excluding steroid dienone is 1. The first kappa shape index (κ1) is 10.0. The smallest absolute Gasteiger partial charge is 0.263 e. The SMILES string of the molecule is O=C(NC1CC(=C2CCC2)C1)c1ccns1. The van der Waals surface area contributed by atoms with Gasteiger partial charge in [-0.25, -0.2) is 4.37 Å². The van der Waals surface area contributed by atoms with E-state index < -0.39 is 0 Å². The van der Waals surface area contributed by atoms with Crippen LogP contribution in [0.15, 0.2) is 23.4 Å². The molecule has 1 heterocycles. The van der Waals surface area contributed by atoms with Crippen molar-refractivity contribution < 1.29 is 4.79 Å². The van der Waals surface area contributed by atoms with Gasteiger partial charge in [-0.05, 0) is 49.7 Å². The number of carbonyl (C=O) groups excluding carboxylic acids is 1. The van der Waals surface area contributed by atoms with Crippen LogP contribution in [0.1, 0.15) is 41.8 Å². The molecule has 2 aliphatic rings. The molecule has 1 N–H and O–H groups in total. The molecule has 0 saturated heterocycles. The fourth-order valence-corrected chi connectivity index (χ4v) is 2.72. The molecule has 3 rings (SSSR count). The molecule has 0 aliphatic heterocycles. The average molecular weight is 234 g/mol. The Balaban J connectivity index is 1.53. The van der Waals surface area contributed by atoms with Gasteiger partial charge < -0.3 is 5.32 Å². The van der Waals surface area contributed by atoms with Crippen molar-refractivity contribution >= 4 is 17.4 Å². The van der Waals surface area contributed by atoms with Gasteiger partial charge in [0.1, 0.15) is 4.88 Å². The van der Waals surface area contributed by atoms with Crippen molar-refractivity contribution in [2.75, 3.05) is 0 Å². The second-order valence-corrected chi connectivity index (χ2v) is 5.35. The predicted octanol–water partition coefficient (Wildman–Crippen LogP) is 2.52. The maximum absolute atomic E-state index is 11.7.